The zero-order valence-electron chi connectivity index (χ0n) is 21.8. The first-order valence-electron chi connectivity index (χ1n) is 13.0. The molecule has 0 bridgehead atoms. The molecule has 4 rings (SSSR count). The van der Waals surface area contributed by atoms with Crippen molar-refractivity contribution >= 4 is 5.78 Å². The average molecular weight is 493 g/mol. The molecule has 7 nitrogen and oxygen atoms in total. The van der Waals surface area contributed by atoms with Crippen LogP contribution in [-0.4, -0.2) is 71.5 Å². The molecule has 198 valence electrons. The predicted molar refractivity (Wildman–Crippen MR) is 131 cm³/mol. The lowest BCUT2D eigenvalue weighted by Gasteiger charge is -2.60. The van der Waals surface area contributed by atoms with Crippen LogP contribution in [0.3, 0.4) is 0 Å². The maximum absolute atomic E-state index is 13.3. The number of fused-ring (bicyclic) bond motifs is 5. The van der Waals surface area contributed by atoms with E-state index in [9.17, 15) is 35.4 Å². The normalized spacial score (nSPS) is 46.1. The highest BCUT2D eigenvalue weighted by Gasteiger charge is 2.69. The van der Waals surface area contributed by atoms with E-state index < -0.39 is 57.8 Å². The van der Waals surface area contributed by atoms with Gasteiger partial charge in [-0.1, -0.05) is 20.4 Å². The van der Waals surface area contributed by atoms with E-state index in [1.807, 2.05) is 13.8 Å². The van der Waals surface area contributed by atoms with Gasteiger partial charge in [-0.3, -0.25) is 4.79 Å². The lowest BCUT2D eigenvalue weighted by Crippen LogP contribution is -2.62. The predicted octanol–water partition coefficient (Wildman–Crippen LogP) is 2.02. The number of hydrogen-bond donors (Lipinski definition) is 6. The Bertz CT molecular complexity index is 932. The van der Waals surface area contributed by atoms with Crippen LogP contribution >= 0.6 is 0 Å². The summed E-state index contributed by atoms with van der Waals surface area (Å²) >= 11 is 0. The van der Waals surface area contributed by atoms with Crippen molar-refractivity contribution in [3.05, 3.63) is 23.8 Å². The first kappa shape index (κ1) is 27.0. The maximum atomic E-state index is 13.3. The standard InChI is InChI=1S/C28H44O7/c1-15(24(2,3)33)11-23(32)27(6,34)22-8-10-28(35)17-12-19(29)18-13-20(30)21(31)14-25(18,4)16(17)7-9-26(22,28)5/h12,16,18,20-23,30-35H,1,7-11,13-14H2,2-6H3/t16?,18-,20+,21-,22-,23+,25+,26+,27+,28+/m0/s1. The van der Waals surface area contributed by atoms with Crippen LogP contribution < -0.4 is 0 Å². The van der Waals surface area contributed by atoms with Crippen LogP contribution in [0.2, 0.25) is 0 Å². The molecule has 0 heterocycles. The first-order chi connectivity index (χ1) is 15.9. The van der Waals surface area contributed by atoms with Gasteiger partial charge in [0.1, 0.15) is 0 Å². The number of rotatable bonds is 5. The third-order valence-electron chi connectivity index (χ3n) is 10.8. The van der Waals surface area contributed by atoms with E-state index >= 15 is 0 Å². The maximum Gasteiger partial charge on any atom is 0.159 e. The van der Waals surface area contributed by atoms with Crippen molar-refractivity contribution in [2.24, 2.45) is 28.6 Å². The fourth-order valence-electron chi connectivity index (χ4n) is 8.23. The van der Waals surface area contributed by atoms with Gasteiger partial charge in [0.25, 0.3) is 0 Å². The van der Waals surface area contributed by atoms with Crippen LogP contribution in [0.5, 0.6) is 0 Å². The average Bonchev–Trinajstić information content (AvgIpc) is 3.01. The van der Waals surface area contributed by atoms with Gasteiger partial charge in [0.15, 0.2) is 5.78 Å². The van der Waals surface area contributed by atoms with Crippen molar-refractivity contribution in [2.45, 2.75) is 115 Å². The summed E-state index contributed by atoms with van der Waals surface area (Å²) in [6.07, 6.45) is 1.27. The Morgan fingerprint density at radius 3 is 2.34 bits per heavy atom. The van der Waals surface area contributed by atoms with Crippen LogP contribution in [0.1, 0.15) is 79.6 Å². The highest BCUT2D eigenvalue weighted by molar-refractivity contribution is 5.95. The van der Waals surface area contributed by atoms with Crippen LogP contribution in [0.4, 0.5) is 0 Å². The minimum absolute atomic E-state index is 0.0330. The fourth-order valence-corrected chi connectivity index (χ4v) is 8.23. The van der Waals surface area contributed by atoms with Crippen molar-refractivity contribution in [3.8, 4) is 0 Å². The van der Waals surface area contributed by atoms with Crippen molar-refractivity contribution in [1.82, 2.24) is 0 Å². The molecule has 0 aromatic carbocycles. The van der Waals surface area contributed by atoms with Crippen molar-refractivity contribution in [3.63, 3.8) is 0 Å². The van der Waals surface area contributed by atoms with Crippen LogP contribution in [0, 0.1) is 28.6 Å². The van der Waals surface area contributed by atoms with Gasteiger partial charge in [0.05, 0.1) is 35.1 Å². The molecule has 0 aliphatic heterocycles. The van der Waals surface area contributed by atoms with E-state index in [0.29, 0.717) is 43.3 Å². The molecule has 0 saturated heterocycles. The number of aliphatic hydroxyl groups excluding tert-OH is 3. The molecule has 4 aliphatic rings. The second-order valence-electron chi connectivity index (χ2n) is 13.2. The Morgan fingerprint density at radius 2 is 1.74 bits per heavy atom. The summed E-state index contributed by atoms with van der Waals surface area (Å²) in [7, 11) is 0. The van der Waals surface area contributed by atoms with Crippen molar-refractivity contribution in [2.75, 3.05) is 0 Å². The number of hydrogen-bond acceptors (Lipinski definition) is 7. The second-order valence-corrected chi connectivity index (χ2v) is 13.2. The zero-order valence-corrected chi connectivity index (χ0v) is 21.8. The third kappa shape index (κ3) is 3.80. The summed E-state index contributed by atoms with van der Waals surface area (Å²) < 4.78 is 0. The number of carbonyl (C=O) groups is 1. The fraction of sp³-hybridized carbons (Fsp3) is 0.821. The monoisotopic (exact) mass is 492 g/mol. The van der Waals surface area contributed by atoms with E-state index in [-0.39, 0.29) is 24.5 Å². The van der Waals surface area contributed by atoms with Crippen LogP contribution in [-0.2, 0) is 4.79 Å². The smallest absolute Gasteiger partial charge is 0.159 e. The minimum atomic E-state index is -1.54. The van der Waals surface area contributed by atoms with Gasteiger partial charge in [-0.15, -0.1) is 0 Å². The van der Waals surface area contributed by atoms with Gasteiger partial charge >= 0.3 is 0 Å². The number of ketones is 1. The van der Waals surface area contributed by atoms with Gasteiger partial charge in [0.2, 0.25) is 0 Å². The molecule has 3 fully saturated rings. The molecular weight excluding hydrogens is 448 g/mol. The van der Waals surface area contributed by atoms with Crippen molar-refractivity contribution < 1.29 is 35.4 Å². The molecule has 0 aromatic heterocycles. The van der Waals surface area contributed by atoms with E-state index in [1.54, 1.807) is 26.8 Å². The van der Waals surface area contributed by atoms with Crippen molar-refractivity contribution in [1.29, 1.82) is 0 Å². The Balaban J connectivity index is 1.67. The Kier molecular flexibility index (Phi) is 6.32. The number of carbonyl (C=O) groups excluding carboxylic acids is 1. The van der Waals surface area contributed by atoms with Crippen LogP contribution in [0.15, 0.2) is 23.8 Å². The molecule has 0 spiro atoms. The summed E-state index contributed by atoms with van der Waals surface area (Å²) in [6.45, 7) is 12.6. The largest absolute Gasteiger partial charge is 0.390 e. The highest BCUT2D eigenvalue weighted by atomic mass is 16.3. The van der Waals surface area contributed by atoms with E-state index in [2.05, 4.69) is 6.58 Å². The zero-order chi connectivity index (χ0) is 26.4. The molecular formula is C28H44O7. The molecule has 10 atom stereocenters. The summed E-state index contributed by atoms with van der Waals surface area (Å²) in [5.74, 6) is -1.04. The van der Waals surface area contributed by atoms with E-state index in [4.69, 9.17) is 0 Å². The second kappa shape index (κ2) is 8.20. The van der Waals surface area contributed by atoms with Gasteiger partial charge in [0, 0.05) is 11.3 Å². The van der Waals surface area contributed by atoms with Gasteiger partial charge < -0.3 is 30.6 Å². The Labute approximate surface area is 208 Å². The molecule has 1 unspecified atom stereocenters. The topological polar surface area (TPSA) is 138 Å². The molecule has 7 heteroatoms. The van der Waals surface area contributed by atoms with Gasteiger partial charge in [-0.05, 0) is 100 Å². The molecule has 35 heavy (non-hydrogen) atoms. The minimum Gasteiger partial charge on any atom is -0.390 e. The van der Waals surface area contributed by atoms with Gasteiger partial charge in [-0.25, -0.2) is 0 Å². The van der Waals surface area contributed by atoms with Gasteiger partial charge in [-0.2, -0.15) is 0 Å². The third-order valence-corrected chi connectivity index (χ3v) is 10.8. The summed E-state index contributed by atoms with van der Waals surface area (Å²) in [6, 6.07) is 0. The number of aliphatic hydroxyl groups is 6. The SMILES string of the molecule is C=C(C[C@@H](O)[C@](C)(O)[C@H]1CC[C@@]2(O)C3=CC(=O)[C@@H]4C[C@@H](O)[C@@H](O)C[C@]4(C)C3CC[C@]12C)C(C)(C)O. The lowest BCUT2D eigenvalue weighted by atomic mass is 9.45. The van der Waals surface area contributed by atoms with E-state index in [1.165, 1.54) is 0 Å². The molecule has 0 amide bonds. The summed E-state index contributed by atoms with van der Waals surface area (Å²) in [5, 5.41) is 65.9. The Morgan fingerprint density at radius 1 is 1.11 bits per heavy atom. The highest BCUT2D eigenvalue weighted by Crippen LogP contribution is 2.68. The molecule has 6 N–H and O–H groups in total. The lowest BCUT2D eigenvalue weighted by molar-refractivity contribution is -0.175. The van der Waals surface area contributed by atoms with E-state index in [0.717, 1.165) is 0 Å². The molecule has 3 saturated carbocycles. The summed E-state index contributed by atoms with van der Waals surface area (Å²) in [5.41, 5.74) is -4.27. The summed E-state index contributed by atoms with van der Waals surface area (Å²) in [4.78, 5) is 13.3. The molecule has 0 radical (unpaired) electrons. The first-order valence-corrected chi connectivity index (χ1v) is 13.0. The molecule has 0 aromatic rings. The Hall–Kier alpha value is -1.09. The number of allylic oxidation sites excluding steroid dienone is 1. The quantitative estimate of drug-likeness (QED) is 0.323. The van der Waals surface area contributed by atoms with Crippen LogP contribution in [0.25, 0.3) is 0 Å². The molecule has 4 aliphatic carbocycles.